The Labute approximate surface area is 188 Å². The van der Waals surface area contributed by atoms with Crippen molar-refractivity contribution in [2.75, 3.05) is 11.2 Å². The predicted molar refractivity (Wildman–Crippen MR) is 119 cm³/mol. The van der Waals surface area contributed by atoms with Crippen LogP contribution in [0.25, 0.3) is 21.1 Å². The molecule has 6 N–H and O–H groups in total. The van der Waals surface area contributed by atoms with Gasteiger partial charge < -0.3 is 16.5 Å². The first-order chi connectivity index (χ1) is 15.4. The fourth-order valence-electron chi connectivity index (χ4n) is 2.86. The molecular formula is C19H16F2N8OS2. The van der Waals surface area contributed by atoms with Crippen LogP contribution in [0.4, 0.5) is 20.2 Å². The highest BCUT2D eigenvalue weighted by Crippen LogP contribution is 2.38. The maximum atomic E-state index is 14.7. The Kier molecular flexibility index (Phi) is 6.03. The standard InChI is InChI=1S/C19H16F2N8OS2/c1-8-17(32-13(26-8)6-24-18(30)11-3-2-4-25-29-11)19-27-12(7-31-19)9-5-10(20)15(22)16(28-23)14(9)21/h2-5,7,28H,6,22-23H2,1H3,(H,24,30). The third kappa shape index (κ3) is 4.12. The van der Waals surface area contributed by atoms with Gasteiger partial charge in [0.25, 0.3) is 5.91 Å². The van der Waals surface area contributed by atoms with E-state index in [0.717, 1.165) is 10.9 Å². The highest BCUT2D eigenvalue weighted by Gasteiger charge is 2.21. The summed E-state index contributed by atoms with van der Waals surface area (Å²) in [6.45, 7) is 2.00. The van der Waals surface area contributed by atoms with Crippen molar-refractivity contribution in [1.29, 1.82) is 0 Å². The van der Waals surface area contributed by atoms with E-state index in [1.807, 2.05) is 0 Å². The van der Waals surface area contributed by atoms with Crippen molar-refractivity contribution in [2.45, 2.75) is 13.5 Å². The molecular weight excluding hydrogens is 458 g/mol. The summed E-state index contributed by atoms with van der Waals surface area (Å²) in [4.78, 5) is 21.8. The lowest BCUT2D eigenvalue weighted by atomic mass is 10.1. The number of aryl methyl sites for hydroxylation is 1. The summed E-state index contributed by atoms with van der Waals surface area (Å²) >= 11 is 2.60. The van der Waals surface area contributed by atoms with Crippen LogP contribution in [0.15, 0.2) is 29.8 Å². The molecule has 164 valence electrons. The number of nitrogens with one attached hydrogen (secondary N) is 2. The van der Waals surface area contributed by atoms with Crippen LogP contribution in [0, 0.1) is 18.6 Å². The number of nitrogens with zero attached hydrogens (tertiary/aromatic N) is 4. The zero-order valence-electron chi connectivity index (χ0n) is 16.5. The molecule has 0 spiro atoms. The van der Waals surface area contributed by atoms with E-state index in [2.05, 4.69) is 30.9 Å². The van der Waals surface area contributed by atoms with Crippen molar-refractivity contribution in [3.8, 4) is 21.1 Å². The fraction of sp³-hybridized carbons (Fsp3) is 0.105. The Balaban J connectivity index is 1.56. The predicted octanol–water partition coefficient (Wildman–Crippen LogP) is 3.11. The van der Waals surface area contributed by atoms with E-state index in [9.17, 15) is 13.6 Å². The summed E-state index contributed by atoms with van der Waals surface area (Å²) in [6, 6.07) is 4.16. The highest BCUT2D eigenvalue weighted by molar-refractivity contribution is 7.21. The number of halogens is 2. The molecule has 0 aliphatic rings. The summed E-state index contributed by atoms with van der Waals surface area (Å²) in [6.07, 6.45) is 1.48. The Bertz CT molecular complexity index is 1290. The number of hydrogen-bond donors (Lipinski definition) is 4. The van der Waals surface area contributed by atoms with Gasteiger partial charge in [0.05, 0.1) is 28.5 Å². The van der Waals surface area contributed by atoms with Crippen molar-refractivity contribution in [2.24, 2.45) is 5.84 Å². The van der Waals surface area contributed by atoms with Crippen molar-refractivity contribution < 1.29 is 13.6 Å². The number of anilines is 2. The van der Waals surface area contributed by atoms with Crippen LogP contribution >= 0.6 is 22.7 Å². The lowest BCUT2D eigenvalue weighted by Crippen LogP contribution is -2.23. The van der Waals surface area contributed by atoms with Crippen LogP contribution in [0.5, 0.6) is 0 Å². The molecule has 0 atom stereocenters. The first-order valence-corrected chi connectivity index (χ1v) is 10.8. The number of hydrogen-bond acceptors (Lipinski definition) is 10. The first-order valence-electron chi connectivity index (χ1n) is 9.11. The van der Waals surface area contributed by atoms with Gasteiger partial charge in [-0.05, 0) is 25.1 Å². The quantitative estimate of drug-likeness (QED) is 0.190. The van der Waals surface area contributed by atoms with Crippen molar-refractivity contribution in [1.82, 2.24) is 25.5 Å². The molecule has 0 bridgehead atoms. The normalized spacial score (nSPS) is 10.9. The van der Waals surface area contributed by atoms with Crippen molar-refractivity contribution in [3.05, 3.63) is 57.8 Å². The molecule has 0 fully saturated rings. The molecule has 32 heavy (non-hydrogen) atoms. The Morgan fingerprint density at radius 2 is 2.09 bits per heavy atom. The van der Waals surface area contributed by atoms with Crippen molar-refractivity contribution >= 4 is 40.0 Å². The molecule has 4 aromatic rings. The molecule has 4 rings (SSSR count). The van der Waals surface area contributed by atoms with Gasteiger partial charge in [0, 0.05) is 17.1 Å². The van der Waals surface area contributed by atoms with Gasteiger partial charge >= 0.3 is 0 Å². The van der Waals surface area contributed by atoms with Gasteiger partial charge in [0.15, 0.2) is 11.5 Å². The third-order valence-corrected chi connectivity index (χ3v) is 6.57. The number of carbonyl (C=O) groups excluding carboxylic acids is 1. The fourth-order valence-corrected chi connectivity index (χ4v) is 4.83. The lowest BCUT2D eigenvalue weighted by Gasteiger charge is -2.10. The number of nitrogens with two attached hydrogens (primary N) is 2. The van der Waals surface area contributed by atoms with E-state index in [1.54, 1.807) is 24.4 Å². The van der Waals surface area contributed by atoms with Crippen LogP contribution in [0.2, 0.25) is 0 Å². The Hall–Kier alpha value is -3.55. The number of hydrazine groups is 1. The third-order valence-electron chi connectivity index (χ3n) is 4.42. The molecule has 0 unspecified atom stereocenters. The van der Waals surface area contributed by atoms with E-state index >= 15 is 0 Å². The number of nitrogen functional groups attached to an aromatic ring is 2. The van der Waals surface area contributed by atoms with E-state index in [-0.39, 0.29) is 35.1 Å². The molecule has 3 heterocycles. The second kappa shape index (κ2) is 8.90. The molecule has 0 saturated heterocycles. The Morgan fingerprint density at radius 3 is 2.81 bits per heavy atom. The molecule has 0 aliphatic carbocycles. The van der Waals surface area contributed by atoms with Gasteiger partial charge in [-0.15, -0.1) is 27.8 Å². The zero-order valence-corrected chi connectivity index (χ0v) is 18.2. The average molecular weight is 475 g/mol. The van der Waals surface area contributed by atoms with E-state index in [4.69, 9.17) is 11.6 Å². The molecule has 0 saturated carbocycles. The second-order valence-electron chi connectivity index (χ2n) is 6.50. The SMILES string of the molecule is Cc1nc(CNC(=O)c2cccnn2)sc1-c1nc(-c2cc(F)c(N)c(NN)c2F)cs1. The van der Waals surface area contributed by atoms with Crippen LogP contribution in [0.3, 0.4) is 0 Å². The van der Waals surface area contributed by atoms with E-state index < -0.39 is 17.3 Å². The molecule has 1 aromatic carbocycles. The minimum Gasteiger partial charge on any atom is -0.395 e. The minimum atomic E-state index is -0.806. The summed E-state index contributed by atoms with van der Waals surface area (Å²) in [5.74, 6) is 3.31. The number of benzene rings is 1. The average Bonchev–Trinajstić information content (AvgIpc) is 3.42. The van der Waals surface area contributed by atoms with Gasteiger partial charge in [-0.3, -0.25) is 10.6 Å². The van der Waals surface area contributed by atoms with Gasteiger partial charge in [-0.2, -0.15) is 5.10 Å². The largest absolute Gasteiger partial charge is 0.395 e. The highest BCUT2D eigenvalue weighted by atomic mass is 32.1. The summed E-state index contributed by atoms with van der Waals surface area (Å²) in [5, 5.41) is 13.0. The van der Waals surface area contributed by atoms with E-state index in [0.29, 0.717) is 15.7 Å². The number of amides is 1. The molecule has 3 aromatic heterocycles. The number of rotatable bonds is 6. The van der Waals surface area contributed by atoms with Gasteiger partial charge in [-0.25, -0.2) is 18.7 Å². The molecule has 0 aliphatic heterocycles. The lowest BCUT2D eigenvalue weighted by molar-refractivity contribution is 0.0945. The number of aromatic nitrogens is 4. The second-order valence-corrected chi connectivity index (χ2v) is 8.45. The molecule has 13 heteroatoms. The van der Waals surface area contributed by atoms with Gasteiger partial charge in [0.2, 0.25) is 0 Å². The summed E-state index contributed by atoms with van der Waals surface area (Å²) < 4.78 is 28.8. The number of carbonyl (C=O) groups is 1. The Morgan fingerprint density at radius 1 is 1.28 bits per heavy atom. The van der Waals surface area contributed by atoms with Gasteiger partial charge in [-0.1, -0.05) is 0 Å². The van der Waals surface area contributed by atoms with Crippen LogP contribution in [-0.4, -0.2) is 26.1 Å². The van der Waals surface area contributed by atoms with Crippen LogP contribution in [-0.2, 0) is 6.54 Å². The smallest absolute Gasteiger partial charge is 0.272 e. The molecule has 1 amide bonds. The van der Waals surface area contributed by atoms with Crippen LogP contribution in [0.1, 0.15) is 21.2 Å². The summed E-state index contributed by atoms with van der Waals surface area (Å²) in [7, 11) is 0. The van der Waals surface area contributed by atoms with Gasteiger partial charge in [0.1, 0.15) is 21.5 Å². The summed E-state index contributed by atoms with van der Waals surface area (Å²) in [5.41, 5.74) is 7.96. The van der Waals surface area contributed by atoms with E-state index in [1.165, 1.54) is 28.9 Å². The number of thiazole rings is 2. The minimum absolute atomic E-state index is 0.0641. The topological polar surface area (TPSA) is 145 Å². The molecule has 9 nitrogen and oxygen atoms in total. The maximum Gasteiger partial charge on any atom is 0.272 e. The van der Waals surface area contributed by atoms with Crippen molar-refractivity contribution in [3.63, 3.8) is 0 Å². The zero-order chi connectivity index (χ0) is 22.8. The first kappa shape index (κ1) is 21.7. The van der Waals surface area contributed by atoms with Crippen LogP contribution < -0.4 is 22.3 Å². The molecule has 0 radical (unpaired) electrons. The maximum absolute atomic E-state index is 14.7. The monoisotopic (exact) mass is 474 g/mol.